The van der Waals surface area contributed by atoms with Crippen LogP contribution >= 0.6 is 0 Å². The van der Waals surface area contributed by atoms with Crippen molar-refractivity contribution in [2.75, 3.05) is 6.54 Å². The molecule has 0 aliphatic rings. The van der Waals surface area contributed by atoms with Gasteiger partial charge < -0.3 is 14.2 Å². The van der Waals surface area contributed by atoms with Crippen molar-refractivity contribution in [3.63, 3.8) is 0 Å². The highest BCUT2D eigenvalue weighted by Gasteiger charge is 2.21. The molecule has 0 amide bonds. The van der Waals surface area contributed by atoms with Gasteiger partial charge in [0.1, 0.15) is 16.4 Å². The van der Waals surface area contributed by atoms with Crippen molar-refractivity contribution < 1.29 is 17.3 Å². The minimum Gasteiger partial charge on any atom is -0.472 e. The van der Waals surface area contributed by atoms with Crippen molar-refractivity contribution in [3.8, 4) is 0 Å². The molecule has 0 aliphatic carbocycles. The Bertz CT molecular complexity index is 659. The van der Waals surface area contributed by atoms with Gasteiger partial charge in [0.25, 0.3) is 0 Å². The van der Waals surface area contributed by atoms with Gasteiger partial charge in [-0.3, -0.25) is 0 Å². The molecule has 0 saturated carbocycles. The first-order chi connectivity index (χ1) is 10.0. The van der Waals surface area contributed by atoms with E-state index in [0.29, 0.717) is 18.1 Å². The highest BCUT2D eigenvalue weighted by Crippen LogP contribution is 2.20. The molecule has 0 aromatic carbocycles. The van der Waals surface area contributed by atoms with Gasteiger partial charge in [-0.05, 0) is 26.0 Å². The van der Waals surface area contributed by atoms with Crippen LogP contribution in [-0.2, 0) is 23.1 Å². The van der Waals surface area contributed by atoms with Crippen molar-refractivity contribution in [1.29, 1.82) is 0 Å². The molecule has 2 rings (SSSR count). The van der Waals surface area contributed by atoms with E-state index in [9.17, 15) is 8.42 Å². The van der Waals surface area contributed by atoms with Gasteiger partial charge in [0.2, 0.25) is 10.0 Å². The van der Waals surface area contributed by atoms with E-state index >= 15 is 0 Å². The van der Waals surface area contributed by atoms with Crippen molar-refractivity contribution in [2.24, 2.45) is 0 Å². The van der Waals surface area contributed by atoms with E-state index in [1.54, 1.807) is 19.1 Å². The molecule has 0 saturated heterocycles. The number of hydrogen-bond donors (Lipinski definition) is 2. The molecular formula is C14H20N2O4S. The second-order valence-electron chi connectivity index (χ2n) is 4.77. The van der Waals surface area contributed by atoms with Gasteiger partial charge >= 0.3 is 0 Å². The standard InChI is InChI=1S/C14H20N2O4S/c1-3-5-15-9-13-7-14(11(2)20-13)21(17,18)16-8-12-4-6-19-10-12/h4,6-7,10,15-16H,3,5,8-9H2,1-2H3. The normalized spacial score (nSPS) is 11.9. The molecule has 2 aromatic rings. The number of nitrogens with one attached hydrogen (secondary N) is 2. The molecule has 0 spiro atoms. The second-order valence-corrected chi connectivity index (χ2v) is 6.50. The van der Waals surface area contributed by atoms with Gasteiger partial charge in [0.05, 0.1) is 19.1 Å². The Labute approximate surface area is 124 Å². The maximum Gasteiger partial charge on any atom is 0.244 e. The summed E-state index contributed by atoms with van der Waals surface area (Å²) in [6, 6.07) is 3.28. The van der Waals surface area contributed by atoms with Gasteiger partial charge in [0.15, 0.2) is 0 Å². The predicted octanol–water partition coefficient (Wildman–Crippen LogP) is 2.16. The van der Waals surface area contributed by atoms with Crippen LogP contribution in [0, 0.1) is 6.92 Å². The maximum absolute atomic E-state index is 12.3. The number of sulfonamides is 1. The van der Waals surface area contributed by atoms with Crippen molar-refractivity contribution in [1.82, 2.24) is 10.0 Å². The molecule has 0 fully saturated rings. The van der Waals surface area contributed by atoms with Gasteiger partial charge in [-0.1, -0.05) is 6.92 Å². The smallest absolute Gasteiger partial charge is 0.244 e. The quantitative estimate of drug-likeness (QED) is 0.730. The molecule has 0 radical (unpaired) electrons. The number of rotatable bonds is 8. The summed E-state index contributed by atoms with van der Waals surface area (Å²) in [5.41, 5.74) is 0.768. The summed E-state index contributed by atoms with van der Waals surface area (Å²) in [6.45, 7) is 5.28. The first-order valence-electron chi connectivity index (χ1n) is 6.83. The van der Waals surface area contributed by atoms with Crippen LogP contribution in [0.3, 0.4) is 0 Å². The Morgan fingerprint density at radius 3 is 2.76 bits per heavy atom. The van der Waals surface area contributed by atoms with Crippen LogP contribution in [0.5, 0.6) is 0 Å². The molecule has 21 heavy (non-hydrogen) atoms. The molecule has 2 heterocycles. The molecule has 7 heteroatoms. The Kier molecular flexibility index (Phi) is 5.22. The third-order valence-corrected chi connectivity index (χ3v) is 4.49. The summed E-state index contributed by atoms with van der Waals surface area (Å²) in [6.07, 6.45) is 4.02. The predicted molar refractivity (Wildman–Crippen MR) is 78.2 cm³/mol. The Balaban J connectivity index is 2.05. The van der Waals surface area contributed by atoms with Crippen LogP contribution in [0.1, 0.15) is 30.4 Å². The lowest BCUT2D eigenvalue weighted by atomic mass is 10.4. The second kappa shape index (κ2) is 6.93. The molecule has 2 N–H and O–H groups in total. The third kappa shape index (κ3) is 4.20. The summed E-state index contributed by atoms with van der Waals surface area (Å²) in [7, 11) is -3.59. The Morgan fingerprint density at radius 1 is 1.29 bits per heavy atom. The lowest BCUT2D eigenvalue weighted by Crippen LogP contribution is -2.23. The molecule has 116 valence electrons. The van der Waals surface area contributed by atoms with Crippen LogP contribution in [-0.4, -0.2) is 15.0 Å². The molecule has 2 aromatic heterocycles. The topological polar surface area (TPSA) is 84.5 Å². The number of aryl methyl sites for hydroxylation is 1. The Hall–Kier alpha value is -1.57. The zero-order valence-corrected chi connectivity index (χ0v) is 13.0. The van der Waals surface area contributed by atoms with E-state index in [1.807, 2.05) is 0 Å². The lowest BCUT2D eigenvalue weighted by Gasteiger charge is -2.03. The largest absolute Gasteiger partial charge is 0.472 e. The highest BCUT2D eigenvalue weighted by molar-refractivity contribution is 7.89. The summed E-state index contributed by atoms with van der Waals surface area (Å²) in [4.78, 5) is 0.180. The van der Waals surface area contributed by atoms with Crippen molar-refractivity contribution in [2.45, 2.75) is 38.3 Å². The molecule has 6 nitrogen and oxygen atoms in total. The third-order valence-electron chi connectivity index (χ3n) is 2.99. The van der Waals surface area contributed by atoms with Gasteiger partial charge in [0, 0.05) is 18.2 Å². The van der Waals surface area contributed by atoms with E-state index in [-0.39, 0.29) is 11.4 Å². The first-order valence-corrected chi connectivity index (χ1v) is 8.32. The minimum atomic E-state index is -3.59. The fourth-order valence-electron chi connectivity index (χ4n) is 1.92. The van der Waals surface area contributed by atoms with Crippen LogP contribution < -0.4 is 10.0 Å². The molecule has 0 atom stereocenters. The van der Waals surface area contributed by atoms with Crippen LogP contribution in [0.15, 0.2) is 38.4 Å². The zero-order chi connectivity index (χ0) is 15.3. The van der Waals surface area contributed by atoms with Crippen molar-refractivity contribution >= 4 is 10.0 Å². The fourth-order valence-corrected chi connectivity index (χ4v) is 3.13. The molecule has 0 aliphatic heterocycles. The average Bonchev–Trinajstić information content (AvgIpc) is 3.07. The first kappa shape index (κ1) is 15.8. The van der Waals surface area contributed by atoms with Gasteiger partial charge in [-0.15, -0.1) is 0 Å². The summed E-state index contributed by atoms with van der Waals surface area (Å²) in [5.74, 6) is 1.01. The van der Waals surface area contributed by atoms with E-state index in [0.717, 1.165) is 18.5 Å². The van der Waals surface area contributed by atoms with E-state index in [1.165, 1.54) is 12.5 Å². The molecule has 0 unspecified atom stereocenters. The summed E-state index contributed by atoms with van der Waals surface area (Å²) < 4.78 is 37.5. The van der Waals surface area contributed by atoms with Gasteiger partial charge in [-0.2, -0.15) is 0 Å². The highest BCUT2D eigenvalue weighted by atomic mass is 32.2. The molecular weight excluding hydrogens is 292 g/mol. The van der Waals surface area contributed by atoms with E-state index in [4.69, 9.17) is 8.83 Å². The number of furan rings is 2. The fraction of sp³-hybridized carbons (Fsp3) is 0.429. The summed E-state index contributed by atoms with van der Waals surface area (Å²) >= 11 is 0. The Morgan fingerprint density at radius 2 is 2.10 bits per heavy atom. The molecule has 0 bridgehead atoms. The van der Waals surface area contributed by atoms with Crippen molar-refractivity contribution in [3.05, 3.63) is 41.7 Å². The van der Waals surface area contributed by atoms with Crippen LogP contribution in [0.4, 0.5) is 0 Å². The van der Waals surface area contributed by atoms with Gasteiger partial charge in [-0.25, -0.2) is 13.1 Å². The number of hydrogen-bond acceptors (Lipinski definition) is 5. The maximum atomic E-state index is 12.3. The zero-order valence-electron chi connectivity index (χ0n) is 12.2. The van der Waals surface area contributed by atoms with Crippen LogP contribution in [0.2, 0.25) is 0 Å². The minimum absolute atomic E-state index is 0.180. The summed E-state index contributed by atoms with van der Waals surface area (Å²) in [5, 5.41) is 3.18. The van der Waals surface area contributed by atoms with Crippen LogP contribution in [0.25, 0.3) is 0 Å². The monoisotopic (exact) mass is 312 g/mol. The lowest BCUT2D eigenvalue weighted by molar-refractivity contribution is 0.457. The van der Waals surface area contributed by atoms with E-state index < -0.39 is 10.0 Å². The average molecular weight is 312 g/mol. The van der Waals surface area contributed by atoms with E-state index in [2.05, 4.69) is 17.0 Å². The SMILES string of the molecule is CCCNCc1cc(S(=O)(=O)NCc2ccoc2)c(C)o1.